The Kier molecular flexibility index (Phi) is 6.72. The summed E-state index contributed by atoms with van der Waals surface area (Å²) in [4.78, 5) is 0. The molecular weight excluding hydrogens is 732 g/mol. The quantitative estimate of drug-likeness (QED) is 0.225. The summed E-state index contributed by atoms with van der Waals surface area (Å²) in [5.74, 6) is 2.79. The first-order valence-corrected chi connectivity index (χ1v) is 19.8. The number of benzene rings is 2. The van der Waals surface area contributed by atoms with E-state index in [0.29, 0.717) is 0 Å². The Balaban J connectivity index is 0.000000199. The van der Waals surface area contributed by atoms with Crippen LogP contribution in [0.4, 0.5) is 22.7 Å². The van der Waals surface area contributed by atoms with Gasteiger partial charge in [-0.1, -0.05) is 0 Å². The zero-order chi connectivity index (χ0) is 30.1. The summed E-state index contributed by atoms with van der Waals surface area (Å²) in [6, 6.07) is 14.7. The van der Waals surface area contributed by atoms with Gasteiger partial charge in [-0.25, -0.2) is 11.7 Å². The molecule has 0 radical (unpaired) electrons. The molecule has 0 aromatic heterocycles. The van der Waals surface area contributed by atoms with Gasteiger partial charge in [0.25, 0.3) is 0 Å². The Morgan fingerprint density at radius 3 is 0.930 bits per heavy atom. The maximum absolute atomic E-state index is 7.79. The second kappa shape index (κ2) is 10.7. The number of anilines is 4. The van der Waals surface area contributed by atoms with Crippen LogP contribution in [0.1, 0.15) is 0 Å². The second-order valence-electron chi connectivity index (χ2n) is 9.42. The molecule has 10 nitrogen and oxygen atoms in total. The van der Waals surface area contributed by atoms with Crippen molar-refractivity contribution in [3.05, 3.63) is 116 Å². The van der Waals surface area contributed by atoms with Gasteiger partial charge in [0.05, 0.1) is 0 Å². The topological polar surface area (TPSA) is 153 Å². The van der Waals surface area contributed by atoms with Gasteiger partial charge in [-0.05, 0) is 0 Å². The number of nitrogens with zero attached hydrogens (tertiary/aromatic N) is 10. The molecule has 0 atom stereocenters. The Hall–Kier alpha value is -6.14. The van der Waals surface area contributed by atoms with Crippen molar-refractivity contribution in [3.63, 3.8) is 0 Å². The van der Waals surface area contributed by atoms with Gasteiger partial charge >= 0.3 is 175 Å². The van der Waals surface area contributed by atoms with Crippen molar-refractivity contribution in [2.45, 2.75) is 0 Å². The summed E-state index contributed by atoms with van der Waals surface area (Å²) in [5.41, 5.74) is 4.67. The minimum Gasteiger partial charge on any atom is -0.762 e. The van der Waals surface area contributed by atoms with Crippen LogP contribution in [0, 0.1) is 45.3 Å². The minimum absolute atomic E-state index is 0.403. The van der Waals surface area contributed by atoms with Crippen molar-refractivity contribution in [1.82, 2.24) is 0 Å². The summed E-state index contributed by atoms with van der Waals surface area (Å²) >= 11 is -3.85. The zero-order valence-corrected chi connectivity index (χ0v) is 26.1. The summed E-state index contributed by atoms with van der Waals surface area (Å²) in [6.07, 6.45) is 27.1. The predicted octanol–water partition coefficient (Wildman–Crippen LogP) is 1.70. The first kappa shape index (κ1) is 27.1. The predicted molar refractivity (Wildman–Crippen MR) is 168 cm³/mol. The van der Waals surface area contributed by atoms with Crippen molar-refractivity contribution in [1.29, 1.82) is 21.0 Å². The number of rotatable bonds is 0. The monoisotopic (exact) mass is 748 g/mol. The SMILES string of the molecule is C1=C[N]2c3c4c(ccc3=C1)=CC=C[N]4[Pb]21[N]2C=CC=c3ccc4c(c32)[N]1C=CC=4.N#CC(=C=[N-])C#N.N#CC(=C=[N-])C#N. The van der Waals surface area contributed by atoms with Crippen molar-refractivity contribution in [3.8, 4) is 24.3 Å². The molecule has 200 valence electrons. The summed E-state index contributed by atoms with van der Waals surface area (Å²) in [7, 11) is 0. The number of fused-ring (bicyclic) bond motifs is 4. The van der Waals surface area contributed by atoms with Gasteiger partial charge in [0.2, 0.25) is 0 Å². The fourth-order valence-electron chi connectivity index (χ4n) is 5.85. The van der Waals surface area contributed by atoms with E-state index >= 15 is 0 Å². The standard InChI is InChI=1S/2C12H8N2.2C4N3.Pb/c2*1-3-9-5-6-10-4-2-8-14-12(10)11(9)13-7-1;2*5-1-4(2-6)3-7;/h2*1-8H;;;/q2*-2;2*-1;+4. The summed E-state index contributed by atoms with van der Waals surface area (Å²) in [6.45, 7) is 0. The van der Waals surface area contributed by atoms with E-state index in [1.54, 1.807) is 0 Å². The van der Waals surface area contributed by atoms with Gasteiger partial charge < -0.3 is 10.8 Å². The maximum Gasteiger partial charge on any atom is 0.148 e. The molecule has 6 heterocycles. The van der Waals surface area contributed by atoms with Gasteiger partial charge in [-0.15, -0.1) is 0 Å². The van der Waals surface area contributed by atoms with Crippen LogP contribution in [-0.4, -0.2) is 34.1 Å². The molecule has 0 saturated heterocycles. The zero-order valence-electron chi connectivity index (χ0n) is 22.2. The van der Waals surface area contributed by atoms with E-state index < -0.39 is 33.5 Å². The molecule has 43 heavy (non-hydrogen) atoms. The molecule has 0 saturated carbocycles. The van der Waals surface area contributed by atoms with Crippen molar-refractivity contribution in [2.24, 2.45) is 0 Å². The van der Waals surface area contributed by atoms with E-state index in [4.69, 9.17) is 31.9 Å². The smallest absolute Gasteiger partial charge is 0.148 e. The molecule has 6 aliphatic rings. The first-order chi connectivity index (χ1) is 21.1. The molecule has 2 aromatic carbocycles. The molecule has 1 spiro atoms. The first-order valence-electron chi connectivity index (χ1n) is 12.8. The molecule has 0 unspecified atom stereocenters. The molecule has 0 aliphatic carbocycles. The van der Waals surface area contributed by atoms with Crippen LogP contribution in [0.15, 0.2) is 84.5 Å². The van der Waals surface area contributed by atoms with Gasteiger partial charge in [-0.2, -0.15) is 21.0 Å². The largest absolute Gasteiger partial charge is 0.762 e. The van der Waals surface area contributed by atoms with E-state index in [1.807, 2.05) is 0 Å². The van der Waals surface area contributed by atoms with Crippen molar-refractivity contribution < 1.29 is 0 Å². The maximum atomic E-state index is 7.79. The third kappa shape index (κ3) is 3.81. The van der Waals surface area contributed by atoms with Gasteiger partial charge in [0, 0.05) is 0 Å². The molecule has 0 amide bonds. The number of hydrogen-bond acceptors (Lipinski definition) is 8. The van der Waals surface area contributed by atoms with Crippen molar-refractivity contribution >= 4 is 81.2 Å². The number of allylic oxidation sites excluding steroid dienone is 6. The minimum atomic E-state index is -3.85. The molecule has 8 rings (SSSR count). The van der Waals surface area contributed by atoms with Gasteiger partial charge in [0.1, 0.15) is 35.4 Å². The van der Waals surface area contributed by atoms with E-state index in [0.717, 1.165) is 0 Å². The molecule has 6 aliphatic heterocycles. The third-order valence-electron chi connectivity index (χ3n) is 7.40. The van der Waals surface area contributed by atoms with Crippen molar-refractivity contribution in [2.75, 3.05) is 10.8 Å². The van der Waals surface area contributed by atoms with Gasteiger partial charge in [0.15, 0.2) is 0 Å². The van der Waals surface area contributed by atoms with E-state index in [2.05, 4.69) is 109 Å². The Labute approximate surface area is 252 Å². The van der Waals surface area contributed by atoms with E-state index in [-0.39, 0.29) is 0 Å². The van der Waals surface area contributed by atoms with Gasteiger partial charge in [-0.3, -0.25) is 0 Å². The average molecular weight is 748 g/mol. The normalized spacial score (nSPS) is 15.7. The number of nitriles is 4. The Bertz CT molecular complexity index is 1970. The Morgan fingerprint density at radius 2 is 0.744 bits per heavy atom. The van der Waals surface area contributed by atoms with Crippen LogP contribution >= 0.6 is 0 Å². The fourth-order valence-corrected chi connectivity index (χ4v) is 24.0. The fraction of sp³-hybridized carbons (Fsp3) is 0. The van der Waals surface area contributed by atoms with Crippen LogP contribution < -0.4 is 31.7 Å². The molecular formula is C32H16N10Pb-2. The third-order valence-corrected chi connectivity index (χ3v) is 23.2. The van der Waals surface area contributed by atoms with Crippen LogP contribution in [0.3, 0.4) is 0 Å². The second-order valence-corrected chi connectivity index (χ2v) is 21.6. The molecule has 11 heteroatoms. The molecule has 2 aromatic rings. The van der Waals surface area contributed by atoms with E-state index in [1.165, 1.54) is 79.6 Å². The molecule has 0 N–H and O–H groups in total. The molecule has 0 fully saturated rings. The van der Waals surface area contributed by atoms with Crippen LogP contribution in [0.2, 0.25) is 0 Å². The van der Waals surface area contributed by atoms with E-state index in [9.17, 15) is 0 Å². The van der Waals surface area contributed by atoms with Crippen LogP contribution in [0.5, 0.6) is 0 Å². The molecule has 0 bridgehead atoms. The number of hydrogen-bond donors (Lipinski definition) is 0. The average Bonchev–Trinajstić information content (AvgIpc) is 3.54. The van der Waals surface area contributed by atoms with Crippen LogP contribution in [-0.2, 0) is 0 Å². The summed E-state index contributed by atoms with van der Waals surface area (Å²) in [5, 5.41) is 52.0. The Morgan fingerprint density at radius 1 is 0.488 bits per heavy atom. The summed E-state index contributed by atoms with van der Waals surface area (Å²) < 4.78 is 10.6. The van der Waals surface area contributed by atoms with Crippen LogP contribution in [0.25, 0.3) is 35.1 Å².